The van der Waals surface area contributed by atoms with Crippen LogP contribution < -0.4 is 0 Å². The van der Waals surface area contributed by atoms with E-state index < -0.39 is 0 Å². The van der Waals surface area contributed by atoms with Crippen molar-refractivity contribution in [2.75, 3.05) is 32.7 Å². The Kier molecular flexibility index (Phi) is 5.02. The molecule has 1 amide bonds. The molecule has 122 valence electrons. The van der Waals surface area contributed by atoms with Gasteiger partial charge in [0.2, 0.25) is 5.91 Å². The second-order valence-electron chi connectivity index (χ2n) is 7.35. The summed E-state index contributed by atoms with van der Waals surface area (Å²) in [4.78, 5) is 16.4. The molecule has 0 aromatic rings. The van der Waals surface area contributed by atoms with Crippen LogP contribution in [0.5, 0.6) is 0 Å². The van der Waals surface area contributed by atoms with Gasteiger partial charge in [0.15, 0.2) is 0 Å². The summed E-state index contributed by atoms with van der Waals surface area (Å²) in [5.41, 5.74) is 3.19. The Balaban J connectivity index is 1.38. The van der Waals surface area contributed by atoms with Crippen LogP contribution >= 0.6 is 0 Å². The number of rotatable bonds is 4. The van der Waals surface area contributed by atoms with Crippen molar-refractivity contribution in [1.29, 1.82) is 0 Å². The Labute approximate surface area is 135 Å². The van der Waals surface area contributed by atoms with E-state index in [1.54, 1.807) is 5.57 Å². The SMILES string of the molecule is CCC(=O)N1CCC(CN2CC(C3=CC=C(C)CC3)C2)CC1. The van der Waals surface area contributed by atoms with E-state index in [-0.39, 0.29) is 0 Å². The van der Waals surface area contributed by atoms with Gasteiger partial charge in [-0.2, -0.15) is 0 Å². The van der Waals surface area contributed by atoms with Crippen LogP contribution in [0.1, 0.15) is 46.0 Å². The maximum absolute atomic E-state index is 11.7. The summed E-state index contributed by atoms with van der Waals surface area (Å²) >= 11 is 0. The normalized spacial score (nSPS) is 24.7. The molecule has 2 heterocycles. The number of nitrogens with zero attached hydrogens (tertiary/aromatic N) is 2. The number of hydrogen-bond donors (Lipinski definition) is 0. The molecular formula is C19H30N2O. The summed E-state index contributed by atoms with van der Waals surface area (Å²) in [6, 6.07) is 0. The first kappa shape index (κ1) is 15.8. The van der Waals surface area contributed by atoms with Crippen molar-refractivity contribution in [2.24, 2.45) is 11.8 Å². The lowest BCUT2D eigenvalue weighted by atomic mass is 9.83. The molecule has 2 saturated heterocycles. The third kappa shape index (κ3) is 3.62. The van der Waals surface area contributed by atoms with Crippen molar-refractivity contribution in [1.82, 2.24) is 9.80 Å². The molecule has 3 rings (SSSR count). The quantitative estimate of drug-likeness (QED) is 0.796. The smallest absolute Gasteiger partial charge is 0.222 e. The molecule has 0 saturated carbocycles. The molecule has 3 nitrogen and oxygen atoms in total. The third-order valence-electron chi connectivity index (χ3n) is 5.66. The molecule has 3 aliphatic rings. The molecule has 22 heavy (non-hydrogen) atoms. The van der Waals surface area contributed by atoms with Crippen molar-refractivity contribution >= 4 is 5.91 Å². The first-order valence-corrected chi connectivity index (χ1v) is 9.02. The molecule has 0 unspecified atom stereocenters. The van der Waals surface area contributed by atoms with Crippen LogP contribution in [0.2, 0.25) is 0 Å². The lowest BCUT2D eigenvalue weighted by molar-refractivity contribution is -0.132. The highest BCUT2D eigenvalue weighted by atomic mass is 16.2. The van der Waals surface area contributed by atoms with Crippen LogP contribution in [-0.2, 0) is 4.79 Å². The van der Waals surface area contributed by atoms with Gasteiger partial charge in [0.25, 0.3) is 0 Å². The van der Waals surface area contributed by atoms with Gasteiger partial charge in [-0.1, -0.05) is 30.2 Å². The van der Waals surface area contributed by atoms with Gasteiger partial charge in [-0.15, -0.1) is 0 Å². The summed E-state index contributed by atoms with van der Waals surface area (Å²) in [5.74, 6) is 1.94. The number of hydrogen-bond acceptors (Lipinski definition) is 2. The molecular weight excluding hydrogens is 272 g/mol. The Morgan fingerprint density at radius 1 is 1.18 bits per heavy atom. The maximum Gasteiger partial charge on any atom is 0.222 e. The number of carbonyl (C=O) groups excluding carboxylic acids is 1. The molecule has 0 aromatic heterocycles. The molecule has 0 bridgehead atoms. The molecule has 0 atom stereocenters. The second kappa shape index (κ2) is 6.99. The predicted molar refractivity (Wildman–Crippen MR) is 90.6 cm³/mol. The first-order chi connectivity index (χ1) is 10.7. The van der Waals surface area contributed by atoms with Crippen LogP contribution in [0.25, 0.3) is 0 Å². The van der Waals surface area contributed by atoms with Gasteiger partial charge in [-0.05, 0) is 38.5 Å². The van der Waals surface area contributed by atoms with Crippen molar-refractivity contribution in [3.05, 3.63) is 23.3 Å². The van der Waals surface area contributed by atoms with Gasteiger partial charge < -0.3 is 9.80 Å². The van der Waals surface area contributed by atoms with E-state index in [1.165, 1.54) is 50.9 Å². The number of piperidine rings is 1. The number of amides is 1. The van der Waals surface area contributed by atoms with E-state index in [0.29, 0.717) is 12.3 Å². The van der Waals surface area contributed by atoms with Crippen molar-refractivity contribution < 1.29 is 4.79 Å². The maximum atomic E-state index is 11.7. The summed E-state index contributed by atoms with van der Waals surface area (Å²) in [5, 5.41) is 0. The average molecular weight is 302 g/mol. The van der Waals surface area contributed by atoms with Gasteiger partial charge >= 0.3 is 0 Å². The van der Waals surface area contributed by atoms with Crippen molar-refractivity contribution in [3.8, 4) is 0 Å². The second-order valence-corrected chi connectivity index (χ2v) is 7.35. The van der Waals surface area contributed by atoms with Crippen LogP contribution in [0.4, 0.5) is 0 Å². The fourth-order valence-corrected chi connectivity index (χ4v) is 4.00. The largest absolute Gasteiger partial charge is 0.343 e. The first-order valence-electron chi connectivity index (χ1n) is 9.02. The van der Waals surface area contributed by atoms with Crippen LogP contribution in [0.15, 0.2) is 23.3 Å². The summed E-state index contributed by atoms with van der Waals surface area (Å²) in [6.45, 7) is 9.90. The summed E-state index contributed by atoms with van der Waals surface area (Å²) in [7, 11) is 0. The molecule has 1 aliphatic carbocycles. The van der Waals surface area contributed by atoms with Crippen molar-refractivity contribution in [3.63, 3.8) is 0 Å². The predicted octanol–water partition coefficient (Wildman–Crippen LogP) is 3.23. The van der Waals surface area contributed by atoms with Crippen molar-refractivity contribution in [2.45, 2.75) is 46.0 Å². The van der Waals surface area contributed by atoms with Gasteiger partial charge in [0.05, 0.1) is 0 Å². The summed E-state index contributed by atoms with van der Waals surface area (Å²) in [6.07, 6.45) is 10.2. The molecule has 0 spiro atoms. The standard InChI is InChI=1S/C19H30N2O/c1-3-19(22)21-10-8-16(9-11-21)12-20-13-18(14-20)17-6-4-15(2)5-7-17/h4,6,16,18H,3,5,7-14H2,1-2H3. The van der Waals surface area contributed by atoms with Crippen LogP contribution in [0.3, 0.4) is 0 Å². The van der Waals surface area contributed by atoms with E-state index in [9.17, 15) is 4.79 Å². The monoisotopic (exact) mass is 302 g/mol. The Morgan fingerprint density at radius 3 is 2.50 bits per heavy atom. The number of likely N-dealkylation sites (tertiary alicyclic amines) is 2. The number of carbonyl (C=O) groups is 1. The fraction of sp³-hybridized carbons (Fsp3) is 0.737. The zero-order valence-corrected chi connectivity index (χ0v) is 14.2. The Hall–Kier alpha value is -1.09. The van der Waals surface area contributed by atoms with Crippen LogP contribution in [0, 0.1) is 11.8 Å². The minimum Gasteiger partial charge on any atom is -0.343 e. The third-order valence-corrected chi connectivity index (χ3v) is 5.66. The molecule has 0 radical (unpaired) electrons. The lowest BCUT2D eigenvalue weighted by Crippen LogP contribution is -2.50. The van der Waals surface area contributed by atoms with E-state index >= 15 is 0 Å². The Morgan fingerprint density at radius 2 is 1.91 bits per heavy atom. The zero-order chi connectivity index (χ0) is 15.5. The van der Waals surface area contributed by atoms with Crippen LogP contribution in [-0.4, -0.2) is 48.4 Å². The molecule has 2 aliphatic heterocycles. The Bertz CT molecular complexity index is 466. The van der Waals surface area contributed by atoms with Gasteiger partial charge in [-0.25, -0.2) is 0 Å². The zero-order valence-electron chi connectivity index (χ0n) is 14.2. The van der Waals surface area contributed by atoms with Gasteiger partial charge in [0, 0.05) is 45.1 Å². The average Bonchev–Trinajstić information content (AvgIpc) is 2.51. The van der Waals surface area contributed by atoms with E-state index in [0.717, 1.165) is 24.9 Å². The van der Waals surface area contributed by atoms with E-state index in [1.807, 2.05) is 6.92 Å². The van der Waals surface area contributed by atoms with E-state index in [2.05, 4.69) is 28.9 Å². The van der Waals surface area contributed by atoms with Gasteiger partial charge in [-0.3, -0.25) is 4.79 Å². The highest BCUT2D eigenvalue weighted by molar-refractivity contribution is 5.75. The topological polar surface area (TPSA) is 23.6 Å². The minimum atomic E-state index is 0.329. The fourth-order valence-electron chi connectivity index (χ4n) is 4.00. The highest BCUT2D eigenvalue weighted by Gasteiger charge is 2.32. The molecule has 0 N–H and O–H groups in total. The molecule has 3 heteroatoms. The van der Waals surface area contributed by atoms with E-state index in [4.69, 9.17) is 0 Å². The highest BCUT2D eigenvalue weighted by Crippen LogP contribution is 2.32. The number of allylic oxidation sites excluding steroid dienone is 3. The minimum absolute atomic E-state index is 0.329. The molecule has 0 aromatic carbocycles. The molecule has 2 fully saturated rings. The summed E-state index contributed by atoms with van der Waals surface area (Å²) < 4.78 is 0. The van der Waals surface area contributed by atoms with Gasteiger partial charge in [0.1, 0.15) is 0 Å². The lowest BCUT2D eigenvalue weighted by Gasteiger charge is -2.44.